The summed E-state index contributed by atoms with van der Waals surface area (Å²) in [4.78, 5) is 0. The summed E-state index contributed by atoms with van der Waals surface area (Å²) in [7, 11) is 0. The first-order chi connectivity index (χ1) is 6.29. The molecule has 14 heavy (non-hydrogen) atoms. The van der Waals surface area contributed by atoms with Gasteiger partial charge in [-0.2, -0.15) is 0 Å². The molecule has 1 N–H and O–H groups in total. The Morgan fingerprint density at radius 3 is 2.50 bits per heavy atom. The fraction of sp³-hybridized carbons (Fsp3) is 0.333. The third-order valence-corrected chi connectivity index (χ3v) is 2.03. The number of hydrogen-bond acceptors (Lipinski definition) is 2. The van der Waals surface area contributed by atoms with E-state index in [-0.39, 0.29) is 43.5 Å². The zero-order chi connectivity index (χ0) is 9.52. The molecule has 5 heteroatoms. The Balaban J connectivity index is 0.00000169. The molecule has 3 nitrogen and oxygen atoms in total. The molecule has 1 rings (SSSR count). The van der Waals surface area contributed by atoms with E-state index in [1.807, 2.05) is 30.3 Å². The van der Waals surface area contributed by atoms with Crippen LogP contribution >= 0.6 is 0 Å². The molecular weight excluding hydrogens is 228 g/mol. The molecule has 0 amide bonds. The van der Waals surface area contributed by atoms with Crippen molar-refractivity contribution < 1.29 is 13.5 Å². The second kappa shape index (κ2) is 8.83. The summed E-state index contributed by atoms with van der Waals surface area (Å²) >= 11 is -1.75. The Hall–Kier alpha value is 0.550. The first-order valence-corrected chi connectivity index (χ1v) is 5.26. The van der Waals surface area contributed by atoms with E-state index in [4.69, 9.17) is 9.29 Å². The minimum atomic E-state index is -1.75. The molecule has 0 radical (unpaired) electrons. The third-order valence-electron chi connectivity index (χ3n) is 1.51. The van der Waals surface area contributed by atoms with E-state index in [1.165, 1.54) is 0 Å². The summed E-state index contributed by atoms with van der Waals surface area (Å²) in [6.45, 7) is 0.816. The first-order valence-electron chi connectivity index (χ1n) is 3.98. The van der Waals surface area contributed by atoms with Gasteiger partial charge in [-0.1, -0.05) is 30.3 Å². The number of ether oxygens (including phenoxy) is 1. The van der Waals surface area contributed by atoms with Crippen molar-refractivity contribution in [3.05, 3.63) is 35.9 Å². The van der Waals surface area contributed by atoms with Crippen molar-refractivity contribution in [3.63, 3.8) is 0 Å². The van der Waals surface area contributed by atoms with Crippen molar-refractivity contribution in [3.8, 4) is 0 Å². The van der Waals surface area contributed by atoms with Gasteiger partial charge >= 0.3 is 37.7 Å². The molecule has 0 fully saturated rings. The van der Waals surface area contributed by atoms with Gasteiger partial charge in [-0.25, -0.2) is 4.21 Å². The average molecular weight is 242 g/mol. The van der Waals surface area contributed by atoms with Gasteiger partial charge in [-0.05, 0) is 5.56 Å². The molecule has 0 bridgehead atoms. The second-order valence-electron chi connectivity index (χ2n) is 2.56. The number of hydrogen-bond donors (Lipinski definition) is 1. The van der Waals surface area contributed by atoms with Gasteiger partial charge in [0, 0.05) is 0 Å². The molecule has 0 aromatic heterocycles. The zero-order valence-electron chi connectivity index (χ0n) is 7.18. The van der Waals surface area contributed by atoms with Gasteiger partial charge in [0.15, 0.2) is 11.1 Å². The quantitative estimate of drug-likeness (QED) is 0.465. The molecule has 0 aliphatic carbocycles. The molecule has 76 valence electrons. The van der Waals surface area contributed by atoms with E-state index in [9.17, 15) is 4.21 Å². The van der Waals surface area contributed by atoms with E-state index in [1.54, 1.807) is 0 Å². The van der Waals surface area contributed by atoms with Crippen LogP contribution in [0.25, 0.3) is 0 Å². The molecule has 1 aromatic rings. The SMILES string of the molecule is O=S(O)CCOCc1ccccc1.[CaH2]. The van der Waals surface area contributed by atoms with Crippen LogP contribution in [0.15, 0.2) is 30.3 Å². The summed E-state index contributed by atoms with van der Waals surface area (Å²) in [5, 5.41) is 0. The standard InChI is InChI=1S/C9H12O3S.Ca.2H/c10-13(11)7-6-12-8-9-4-2-1-3-5-9;;;/h1-5H,6-8H2,(H,10,11);;;. The van der Waals surface area contributed by atoms with Gasteiger partial charge in [0.1, 0.15) is 0 Å². The summed E-state index contributed by atoms with van der Waals surface area (Å²) < 4.78 is 23.9. The Morgan fingerprint density at radius 2 is 1.93 bits per heavy atom. The van der Waals surface area contributed by atoms with Gasteiger partial charge in [0.25, 0.3) is 0 Å². The summed E-state index contributed by atoms with van der Waals surface area (Å²) in [5.74, 6) is 0.173. The second-order valence-corrected chi connectivity index (χ2v) is 3.62. The van der Waals surface area contributed by atoms with Crippen molar-refractivity contribution >= 4 is 48.8 Å². The fourth-order valence-corrected chi connectivity index (χ4v) is 1.15. The Kier molecular flexibility index (Phi) is 9.17. The van der Waals surface area contributed by atoms with E-state index in [0.29, 0.717) is 13.2 Å². The van der Waals surface area contributed by atoms with Crippen molar-refractivity contribution in [2.24, 2.45) is 0 Å². The summed E-state index contributed by atoms with van der Waals surface area (Å²) in [5.41, 5.74) is 1.08. The minimum absolute atomic E-state index is 0. The predicted octanol–water partition coefficient (Wildman–Crippen LogP) is 0.509. The number of rotatable bonds is 5. The van der Waals surface area contributed by atoms with Gasteiger partial charge < -0.3 is 9.29 Å². The zero-order valence-corrected chi connectivity index (χ0v) is 8.00. The van der Waals surface area contributed by atoms with Crippen molar-refractivity contribution in [1.82, 2.24) is 0 Å². The maximum absolute atomic E-state index is 10.2. The molecule has 0 saturated heterocycles. The molecule has 0 aliphatic rings. The van der Waals surface area contributed by atoms with Crippen molar-refractivity contribution in [2.75, 3.05) is 12.4 Å². The van der Waals surface area contributed by atoms with Crippen LogP contribution in [0.4, 0.5) is 0 Å². The Labute approximate surface area is 116 Å². The van der Waals surface area contributed by atoms with Gasteiger partial charge in [-0.15, -0.1) is 0 Å². The Morgan fingerprint density at radius 1 is 1.29 bits per heavy atom. The van der Waals surface area contributed by atoms with Gasteiger partial charge in [0.2, 0.25) is 0 Å². The monoisotopic (exact) mass is 242 g/mol. The van der Waals surface area contributed by atoms with Crippen LogP contribution in [0.5, 0.6) is 0 Å². The van der Waals surface area contributed by atoms with E-state index in [0.717, 1.165) is 5.56 Å². The molecule has 0 saturated carbocycles. The molecule has 1 unspecified atom stereocenters. The van der Waals surface area contributed by atoms with Crippen LogP contribution in [-0.4, -0.2) is 58.9 Å². The van der Waals surface area contributed by atoms with E-state index in [2.05, 4.69) is 0 Å². The third kappa shape index (κ3) is 6.92. The molecule has 0 heterocycles. The van der Waals surface area contributed by atoms with Crippen molar-refractivity contribution in [2.45, 2.75) is 6.61 Å². The van der Waals surface area contributed by atoms with E-state index >= 15 is 0 Å². The Bertz CT molecular complexity index is 266. The average Bonchev–Trinajstić information content (AvgIpc) is 2.14. The van der Waals surface area contributed by atoms with Crippen LogP contribution in [0.3, 0.4) is 0 Å². The maximum atomic E-state index is 10.2. The van der Waals surface area contributed by atoms with Gasteiger partial charge in [-0.3, -0.25) is 0 Å². The topological polar surface area (TPSA) is 46.5 Å². The van der Waals surface area contributed by atoms with E-state index < -0.39 is 11.1 Å². The summed E-state index contributed by atoms with van der Waals surface area (Å²) in [6, 6.07) is 9.71. The van der Waals surface area contributed by atoms with Crippen LogP contribution in [0.1, 0.15) is 5.56 Å². The number of benzene rings is 1. The fourth-order valence-electron chi connectivity index (χ4n) is 0.894. The molecule has 0 aliphatic heterocycles. The van der Waals surface area contributed by atoms with Crippen LogP contribution in [0, 0.1) is 0 Å². The predicted molar refractivity (Wildman–Crippen MR) is 60.3 cm³/mol. The summed E-state index contributed by atoms with van der Waals surface area (Å²) in [6.07, 6.45) is 0. The normalized spacial score (nSPS) is 11.8. The van der Waals surface area contributed by atoms with Crippen LogP contribution in [-0.2, 0) is 22.4 Å². The van der Waals surface area contributed by atoms with Crippen LogP contribution in [0.2, 0.25) is 0 Å². The first kappa shape index (κ1) is 14.5. The van der Waals surface area contributed by atoms with Crippen LogP contribution < -0.4 is 0 Å². The molecular formula is C9H14CaO3S. The molecule has 0 spiro atoms. The van der Waals surface area contributed by atoms with Crippen molar-refractivity contribution in [1.29, 1.82) is 0 Å². The van der Waals surface area contributed by atoms with Gasteiger partial charge in [0.05, 0.1) is 19.0 Å². The molecule has 1 aromatic carbocycles. The molecule has 1 atom stereocenters.